The number of aromatic nitrogens is 2. The Morgan fingerprint density at radius 1 is 1.32 bits per heavy atom. The molecule has 0 aliphatic rings. The maximum absolute atomic E-state index is 12.1. The number of hydrogen-bond donors (Lipinski definition) is 1. The summed E-state index contributed by atoms with van der Waals surface area (Å²) in [4.78, 5) is 16.3. The van der Waals surface area contributed by atoms with Gasteiger partial charge in [0.25, 0.3) is 5.91 Å². The van der Waals surface area contributed by atoms with Crippen LogP contribution < -0.4 is 4.72 Å². The summed E-state index contributed by atoms with van der Waals surface area (Å²) in [5.74, 6) is -0.253. The number of nitrogens with one attached hydrogen (secondary N) is 1. The monoisotopic (exact) mass is 403 g/mol. The van der Waals surface area contributed by atoms with Gasteiger partial charge >= 0.3 is 0 Å². The Balaban J connectivity index is 2.15. The Bertz CT molecular complexity index is 879. The van der Waals surface area contributed by atoms with Crippen molar-refractivity contribution < 1.29 is 13.2 Å². The van der Waals surface area contributed by atoms with Crippen molar-refractivity contribution in [3.63, 3.8) is 0 Å². The molecule has 2 aromatic rings. The predicted octanol–water partition coefficient (Wildman–Crippen LogP) is 3.41. The molecule has 2 rings (SSSR count). The molecule has 6 nitrogen and oxygen atoms in total. The molecule has 0 radical (unpaired) electrons. The van der Waals surface area contributed by atoms with Gasteiger partial charge in [0.2, 0.25) is 10.0 Å². The maximum Gasteiger partial charge on any atom is 0.284 e. The minimum absolute atomic E-state index is 0.0441. The second kappa shape index (κ2) is 8.21. The summed E-state index contributed by atoms with van der Waals surface area (Å²) in [5.41, 5.74) is 0.858. The van der Waals surface area contributed by atoms with Gasteiger partial charge in [0.1, 0.15) is 11.5 Å². The van der Waals surface area contributed by atoms with E-state index in [1.165, 1.54) is 6.20 Å². The topological polar surface area (TPSA) is 81.1 Å². The first-order valence-corrected chi connectivity index (χ1v) is 10.1. The van der Waals surface area contributed by atoms with Gasteiger partial charge in [-0.25, -0.2) is 18.1 Å². The van der Waals surface area contributed by atoms with Gasteiger partial charge in [-0.3, -0.25) is 4.79 Å². The fourth-order valence-electron chi connectivity index (χ4n) is 2.19. The molecule has 1 heterocycles. The fourth-order valence-corrected chi connectivity index (χ4v) is 3.82. The first kappa shape index (κ1) is 19.8. The summed E-state index contributed by atoms with van der Waals surface area (Å²) in [6, 6.07) is 5.15. The van der Waals surface area contributed by atoms with Gasteiger partial charge in [0.15, 0.2) is 0 Å². The first-order chi connectivity index (χ1) is 11.7. The van der Waals surface area contributed by atoms with Crippen molar-refractivity contribution in [3.8, 4) is 0 Å². The summed E-state index contributed by atoms with van der Waals surface area (Å²) in [5, 5.41) is 1.04. The number of unbranched alkanes of at least 4 members (excludes halogenated alkanes) is 1. The Labute approximate surface area is 157 Å². The van der Waals surface area contributed by atoms with Crippen LogP contribution in [0.5, 0.6) is 0 Å². The van der Waals surface area contributed by atoms with Gasteiger partial charge in [0.05, 0.1) is 12.3 Å². The number of sulfonamides is 1. The maximum atomic E-state index is 12.1. The predicted molar refractivity (Wildman–Crippen MR) is 98.7 cm³/mol. The Morgan fingerprint density at radius 2 is 2.04 bits per heavy atom. The van der Waals surface area contributed by atoms with Gasteiger partial charge in [-0.1, -0.05) is 42.6 Å². The molecule has 0 bridgehead atoms. The number of benzene rings is 1. The van der Waals surface area contributed by atoms with E-state index >= 15 is 0 Å². The number of aryl methyl sites for hydroxylation is 1. The van der Waals surface area contributed by atoms with Crippen LogP contribution in [0.4, 0.5) is 0 Å². The molecule has 9 heteroatoms. The Morgan fingerprint density at radius 3 is 2.68 bits per heavy atom. The third kappa shape index (κ3) is 5.45. The van der Waals surface area contributed by atoms with Crippen molar-refractivity contribution in [2.45, 2.75) is 33.2 Å². The summed E-state index contributed by atoms with van der Waals surface area (Å²) in [7, 11) is -3.65. The highest BCUT2D eigenvalue weighted by atomic mass is 35.5. The van der Waals surface area contributed by atoms with Crippen LogP contribution in [0.2, 0.25) is 10.0 Å². The normalized spacial score (nSPS) is 11.5. The second-order valence-corrected chi connectivity index (χ2v) is 8.33. The van der Waals surface area contributed by atoms with Crippen molar-refractivity contribution >= 4 is 39.1 Å². The van der Waals surface area contributed by atoms with E-state index in [1.54, 1.807) is 29.7 Å². The largest absolute Gasteiger partial charge is 0.330 e. The fraction of sp³-hybridized carbons (Fsp3) is 0.375. The van der Waals surface area contributed by atoms with Gasteiger partial charge in [-0.15, -0.1) is 0 Å². The molecule has 0 atom stereocenters. The van der Waals surface area contributed by atoms with E-state index in [2.05, 4.69) is 4.98 Å². The van der Waals surface area contributed by atoms with Crippen LogP contribution in [0.15, 0.2) is 24.4 Å². The summed E-state index contributed by atoms with van der Waals surface area (Å²) in [6.45, 7) is 4.00. The molecule has 0 aliphatic heterocycles. The minimum atomic E-state index is -3.65. The van der Waals surface area contributed by atoms with Crippen LogP contribution in [-0.4, -0.2) is 29.6 Å². The zero-order valence-electron chi connectivity index (χ0n) is 13.9. The quantitative estimate of drug-likeness (QED) is 0.767. The van der Waals surface area contributed by atoms with Gasteiger partial charge in [-0.2, -0.15) is 0 Å². The molecule has 0 spiro atoms. The molecule has 0 unspecified atom stereocenters. The average Bonchev–Trinajstić information content (AvgIpc) is 2.89. The van der Waals surface area contributed by atoms with Crippen LogP contribution in [0, 0.1) is 6.92 Å². The number of rotatable bonds is 7. The van der Waals surface area contributed by atoms with E-state index in [1.807, 2.05) is 11.6 Å². The zero-order valence-corrected chi connectivity index (χ0v) is 16.2. The molecule has 136 valence electrons. The smallest absolute Gasteiger partial charge is 0.284 e. The van der Waals surface area contributed by atoms with Crippen molar-refractivity contribution in [2.75, 3.05) is 5.75 Å². The Kier molecular flexibility index (Phi) is 6.48. The second-order valence-electron chi connectivity index (χ2n) is 5.64. The number of imidazole rings is 1. The highest BCUT2D eigenvalue weighted by molar-refractivity contribution is 7.90. The van der Waals surface area contributed by atoms with Crippen LogP contribution in [0.1, 0.15) is 41.6 Å². The average molecular weight is 404 g/mol. The van der Waals surface area contributed by atoms with Gasteiger partial charge in [-0.05, 0) is 31.0 Å². The lowest BCUT2D eigenvalue weighted by Crippen LogP contribution is -2.32. The molecule has 1 aromatic carbocycles. The lowest BCUT2D eigenvalue weighted by molar-refractivity contribution is 0.0977. The van der Waals surface area contributed by atoms with Crippen LogP contribution >= 0.6 is 23.2 Å². The van der Waals surface area contributed by atoms with Crippen molar-refractivity contribution in [1.82, 2.24) is 14.3 Å². The van der Waals surface area contributed by atoms with E-state index in [9.17, 15) is 13.2 Å². The van der Waals surface area contributed by atoms with Gasteiger partial charge < -0.3 is 4.57 Å². The molecule has 1 amide bonds. The molecule has 1 aromatic heterocycles. The molecule has 0 saturated heterocycles. The van der Waals surface area contributed by atoms with E-state index in [4.69, 9.17) is 23.2 Å². The van der Waals surface area contributed by atoms with Crippen molar-refractivity contribution in [2.24, 2.45) is 0 Å². The molecule has 0 aliphatic carbocycles. The summed E-state index contributed by atoms with van der Waals surface area (Å²) in [6.07, 6.45) is 2.72. The molecule has 25 heavy (non-hydrogen) atoms. The van der Waals surface area contributed by atoms with E-state index in [0.717, 1.165) is 12.0 Å². The summed E-state index contributed by atoms with van der Waals surface area (Å²) >= 11 is 12.0. The van der Waals surface area contributed by atoms with Crippen molar-refractivity contribution in [1.29, 1.82) is 0 Å². The lowest BCUT2D eigenvalue weighted by Gasteiger charge is -2.07. The zero-order chi connectivity index (χ0) is 18.6. The Hall–Kier alpha value is -1.57. The first-order valence-electron chi connectivity index (χ1n) is 7.74. The van der Waals surface area contributed by atoms with Crippen LogP contribution in [-0.2, 0) is 16.6 Å². The van der Waals surface area contributed by atoms with Crippen molar-refractivity contribution in [3.05, 3.63) is 51.5 Å². The summed E-state index contributed by atoms with van der Waals surface area (Å²) < 4.78 is 27.4. The highest BCUT2D eigenvalue weighted by Crippen LogP contribution is 2.22. The molecular formula is C16H19Cl2N3O3S. The third-order valence-electron chi connectivity index (χ3n) is 3.58. The molecule has 0 fully saturated rings. The van der Waals surface area contributed by atoms with Crippen LogP contribution in [0.3, 0.4) is 0 Å². The number of hydrogen-bond acceptors (Lipinski definition) is 4. The standard InChI is InChI=1S/C16H19Cl2N3O3S/c1-3-4-7-25(23,24)20-16(22)15-10-21(11(2)19-15)9-12-5-6-13(17)8-14(12)18/h5-6,8,10H,3-4,7,9H2,1-2H3,(H,20,22). The molecule has 1 N–H and O–H groups in total. The number of nitrogens with zero attached hydrogens (tertiary/aromatic N) is 2. The number of carbonyl (C=O) groups is 1. The lowest BCUT2D eigenvalue weighted by atomic mass is 10.2. The SMILES string of the molecule is CCCCS(=O)(=O)NC(=O)c1cn(Cc2ccc(Cl)cc2Cl)c(C)n1. The molecular weight excluding hydrogens is 385 g/mol. The van der Waals surface area contributed by atoms with Gasteiger partial charge in [0, 0.05) is 16.2 Å². The number of carbonyl (C=O) groups excluding carboxylic acids is 1. The molecule has 0 saturated carbocycles. The number of halogens is 2. The third-order valence-corrected chi connectivity index (χ3v) is 5.49. The minimum Gasteiger partial charge on any atom is -0.330 e. The van der Waals surface area contributed by atoms with Crippen LogP contribution in [0.25, 0.3) is 0 Å². The number of amides is 1. The van der Waals surface area contributed by atoms with E-state index in [0.29, 0.717) is 28.8 Å². The van der Waals surface area contributed by atoms with E-state index in [-0.39, 0.29) is 11.4 Å². The highest BCUT2D eigenvalue weighted by Gasteiger charge is 2.19. The van der Waals surface area contributed by atoms with E-state index < -0.39 is 15.9 Å².